The van der Waals surface area contributed by atoms with Gasteiger partial charge in [-0.15, -0.1) is 8.94 Å². The summed E-state index contributed by atoms with van der Waals surface area (Å²) in [6, 6.07) is 0. The molecule has 6 heteroatoms. The van der Waals surface area contributed by atoms with Crippen LogP contribution in [0.2, 0.25) is 0 Å². The summed E-state index contributed by atoms with van der Waals surface area (Å²) in [7, 11) is 0. The molecule has 4 nitrogen and oxygen atoms in total. The van der Waals surface area contributed by atoms with E-state index in [-0.39, 0.29) is 0 Å². The van der Waals surface area contributed by atoms with Gasteiger partial charge >= 0.3 is 5.95 Å². The van der Waals surface area contributed by atoms with E-state index in [1.165, 1.54) is 23.1 Å². The summed E-state index contributed by atoms with van der Waals surface area (Å²) in [6.07, 6.45) is 1.69. The lowest BCUT2D eigenvalue weighted by Gasteiger charge is -1.76. The molecule has 0 spiro atoms. The van der Waals surface area contributed by atoms with E-state index in [1.54, 1.807) is 21.3 Å². The van der Waals surface area contributed by atoms with Crippen LogP contribution in [-0.4, -0.2) is 14.3 Å². The Morgan fingerprint density at radius 1 is 1.40 bits per heavy atom. The maximum atomic E-state index is 4.02. The summed E-state index contributed by atoms with van der Waals surface area (Å²) in [5, 5.41) is 0. The summed E-state index contributed by atoms with van der Waals surface area (Å²) in [6.45, 7) is 0. The minimum absolute atomic E-state index is 0.701. The highest BCUT2D eigenvalue weighted by atomic mass is 32.1. The molecule has 2 rings (SSSR count). The second-order valence-corrected chi connectivity index (χ2v) is 2.95. The number of nitrogens with zero attached hydrogens (tertiary/aromatic N) is 4. The van der Waals surface area contributed by atoms with Crippen LogP contribution in [-0.2, 0) is 0 Å². The third-order valence-corrected chi connectivity index (χ3v) is 2.11. The molecule has 2 aromatic heterocycles. The van der Waals surface area contributed by atoms with Crippen LogP contribution in [0.25, 0.3) is 5.95 Å². The normalized spacial score (nSPS) is 10.0. The van der Waals surface area contributed by atoms with E-state index in [2.05, 4.69) is 14.3 Å². The third kappa shape index (κ3) is 0.910. The SMILES string of the molecule is c1nc(-[n+]2cncs2)ns1. The zero-order valence-corrected chi connectivity index (χ0v) is 6.47. The average molecular weight is 171 g/mol. The van der Waals surface area contributed by atoms with Gasteiger partial charge < -0.3 is 0 Å². The molecule has 50 valence electrons. The molecule has 0 saturated heterocycles. The van der Waals surface area contributed by atoms with E-state index in [1.807, 2.05) is 0 Å². The van der Waals surface area contributed by atoms with Crippen molar-refractivity contribution in [2.75, 3.05) is 0 Å². The van der Waals surface area contributed by atoms with Crippen LogP contribution in [0.1, 0.15) is 0 Å². The van der Waals surface area contributed by atoms with E-state index in [0.29, 0.717) is 5.95 Å². The summed E-state index contributed by atoms with van der Waals surface area (Å²) in [5.74, 6) is 0.701. The van der Waals surface area contributed by atoms with Gasteiger partial charge in [0, 0.05) is 11.5 Å². The van der Waals surface area contributed by atoms with E-state index in [0.717, 1.165) is 0 Å². The van der Waals surface area contributed by atoms with Crippen molar-refractivity contribution in [3.8, 4) is 5.95 Å². The van der Waals surface area contributed by atoms with E-state index in [4.69, 9.17) is 0 Å². The lowest BCUT2D eigenvalue weighted by molar-refractivity contribution is -0.530. The van der Waals surface area contributed by atoms with Crippen LogP contribution in [0.5, 0.6) is 0 Å². The Hall–Kier alpha value is -0.880. The van der Waals surface area contributed by atoms with Gasteiger partial charge in [0.05, 0.1) is 11.5 Å². The van der Waals surface area contributed by atoms with Gasteiger partial charge in [-0.3, -0.25) is 0 Å². The van der Waals surface area contributed by atoms with Crippen LogP contribution in [0.4, 0.5) is 0 Å². The van der Waals surface area contributed by atoms with Crippen molar-refractivity contribution in [2.24, 2.45) is 0 Å². The smallest absolute Gasteiger partial charge is 0.139 e. The largest absolute Gasteiger partial charge is 0.412 e. The maximum absolute atomic E-state index is 4.02. The molecule has 0 fully saturated rings. The molecule has 0 aromatic carbocycles. The van der Waals surface area contributed by atoms with Crippen LogP contribution in [0.15, 0.2) is 17.3 Å². The first-order valence-electron chi connectivity index (χ1n) is 2.54. The highest BCUT2D eigenvalue weighted by Gasteiger charge is 2.07. The Kier molecular flexibility index (Phi) is 1.40. The standard InChI is InChI=1S/C4H3N4S2/c1-5-2-10-8(1)4-6-3-9-7-4/h1-3H/q+1. The lowest BCUT2D eigenvalue weighted by atomic mass is 11.0. The second kappa shape index (κ2) is 2.39. The number of hydrogen-bond acceptors (Lipinski definition) is 5. The maximum Gasteiger partial charge on any atom is 0.412 e. The first kappa shape index (κ1) is 5.87. The van der Waals surface area contributed by atoms with E-state index < -0.39 is 0 Å². The predicted molar refractivity (Wildman–Crippen MR) is 37.1 cm³/mol. The van der Waals surface area contributed by atoms with Gasteiger partial charge in [0.1, 0.15) is 0 Å². The molecule has 0 saturated carbocycles. The quantitative estimate of drug-likeness (QED) is 0.578. The molecular weight excluding hydrogens is 168 g/mol. The van der Waals surface area contributed by atoms with Gasteiger partial charge in [0.2, 0.25) is 6.33 Å². The lowest BCUT2D eigenvalue weighted by Crippen LogP contribution is -2.25. The van der Waals surface area contributed by atoms with Gasteiger partial charge in [0.15, 0.2) is 11.0 Å². The minimum Gasteiger partial charge on any atom is -0.139 e. The fraction of sp³-hybridized carbons (Fsp3) is 0. The van der Waals surface area contributed by atoms with Crippen molar-refractivity contribution >= 4 is 23.1 Å². The molecule has 0 radical (unpaired) electrons. The van der Waals surface area contributed by atoms with Crippen LogP contribution in [0, 0.1) is 0 Å². The Bertz CT molecular complexity index is 255. The molecule has 0 aliphatic carbocycles. The topological polar surface area (TPSA) is 42.5 Å². The molecular formula is C4H3N4S2+. The summed E-state index contributed by atoms with van der Waals surface area (Å²) in [5.41, 5.74) is 3.43. The van der Waals surface area contributed by atoms with E-state index in [9.17, 15) is 0 Å². The molecule has 0 unspecified atom stereocenters. The van der Waals surface area contributed by atoms with Crippen molar-refractivity contribution in [3.63, 3.8) is 0 Å². The molecule has 0 amide bonds. The Morgan fingerprint density at radius 3 is 3.00 bits per heavy atom. The highest BCUT2D eigenvalue weighted by Crippen LogP contribution is 1.94. The predicted octanol–water partition coefficient (Wildman–Crippen LogP) is 0.271. The second-order valence-electron chi connectivity index (χ2n) is 1.53. The molecule has 10 heavy (non-hydrogen) atoms. The molecule has 0 bridgehead atoms. The van der Waals surface area contributed by atoms with Crippen molar-refractivity contribution in [1.29, 1.82) is 0 Å². The molecule has 0 aliphatic heterocycles. The van der Waals surface area contributed by atoms with Gasteiger partial charge in [0.25, 0.3) is 0 Å². The average Bonchev–Trinajstić information content (AvgIpc) is 2.59. The summed E-state index contributed by atoms with van der Waals surface area (Å²) >= 11 is 2.80. The Labute approximate surface area is 65.1 Å². The number of aromatic nitrogens is 4. The molecule has 0 atom stereocenters. The highest BCUT2D eigenvalue weighted by molar-refractivity contribution is 7.03. The molecule has 2 aromatic rings. The first-order chi connectivity index (χ1) is 4.97. The van der Waals surface area contributed by atoms with Crippen molar-refractivity contribution in [3.05, 3.63) is 17.3 Å². The number of rotatable bonds is 1. The van der Waals surface area contributed by atoms with Crippen molar-refractivity contribution in [2.45, 2.75) is 0 Å². The molecule has 0 aliphatic rings. The van der Waals surface area contributed by atoms with Gasteiger partial charge in [-0.1, -0.05) is 4.98 Å². The fourth-order valence-electron chi connectivity index (χ4n) is 0.554. The minimum atomic E-state index is 0.701. The first-order valence-corrected chi connectivity index (χ1v) is 4.21. The third-order valence-electron chi connectivity index (χ3n) is 0.940. The number of hydrogen-bond donors (Lipinski definition) is 0. The van der Waals surface area contributed by atoms with Gasteiger partial charge in [-0.05, 0) is 4.37 Å². The van der Waals surface area contributed by atoms with Gasteiger partial charge in [-0.25, -0.2) is 0 Å². The van der Waals surface area contributed by atoms with Gasteiger partial charge in [-0.2, -0.15) is 0 Å². The Morgan fingerprint density at radius 2 is 2.40 bits per heavy atom. The zero-order valence-electron chi connectivity index (χ0n) is 4.84. The summed E-state index contributed by atoms with van der Waals surface area (Å²) in [4.78, 5) is 7.88. The Balaban J connectivity index is 2.48. The zero-order chi connectivity index (χ0) is 6.81. The van der Waals surface area contributed by atoms with Crippen LogP contribution in [0.3, 0.4) is 0 Å². The summed E-state index contributed by atoms with van der Waals surface area (Å²) < 4.78 is 5.82. The molecule has 2 heterocycles. The monoisotopic (exact) mass is 171 g/mol. The van der Waals surface area contributed by atoms with E-state index >= 15 is 0 Å². The van der Waals surface area contributed by atoms with Crippen molar-refractivity contribution in [1.82, 2.24) is 14.3 Å². The van der Waals surface area contributed by atoms with Crippen LogP contribution < -0.4 is 3.96 Å². The van der Waals surface area contributed by atoms with Crippen LogP contribution >= 0.6 is 23.1 Å². The molecule has 0 N–H and O–H groups in total. The van der Waals surface area contributed by atoms with Crippen molar-refractivity contribution < 1.29 is 3.96 Å². The fourth-order valence-corrected chi connectivity index (χ4v) is 1.53.